The number of pyridine rings is 1. The first-order valence-electron chi connectivity index (χ1n) is 10.6. The molecule has 0 aliphatic carbocycles. The van der Waals surface area contributed by atoms with Gasteiger partial charge in [-0.25, -0.2) is 9.97 Å². The number of fused-ring (bicyclic) bond motifs is 1. The predicted molar refractivity (Wildman–Crippen MR) is 115 cm³/mol. The van der Waals surface area contributed by atoms with Crippen LogP contribution in [0.2, 0.25) is 0 Å². The number of β-amino-alcohol motifs (C(OH)–C–C–N with tert-alkyl or cyclic N) is 1. The largest absolute Gasteiger partial charge is 0.391 e. The lowest BCUT2D eigenvalue weighted by Gasteiger charge is -2.26. The van der Waals surface area contributed by atoms with Crippen LogP contribution in [0.15, 0.2) is 48.9 Å². The molecule has 2 aliphatic rings. The van der Waals surface area contributed by atoms with Crippen LogP contribution in [-0.2, 0) is 17.7 Å². The molecule has 2 saturated heterocycles. The zero-order chi connectivity index (χ0) is 20.3. The van der Waals surface area contributed by atoms with E-state index in [9.17, 15) is 5.11 Å². The number of aliphatic hydroxyl groups excluding tert-OH is 1. The van der Waals surface area contributed by atoms with E-state index < -0.39 is 0 Å². The van der Waals surface area contributed by atoms with Gasteiger partial charge in [-0.2, -0.15) is 0 Å². The van der Waals surface area contributed by atoms with Gasteiger partial charge in [0.15, 0.2) is 0 Å². The summed E-state index contributed by atoms with van der Waals surface area (Å²) in [6, 6.07) is 10.3. The minimum Gasteiger partial charge on any atom is -0.391 e. The summed E-state index contributed by atoms with van der Waals surface area (Å²) in [5.74, 6) is 0.982. The molecule has 0 bridgehead atoms. The van der Waals surface area contributed by atoms with E-state index in [1.165, 1.54) is 10.9 Å². The average Bonchev–Trinajstić information content (AvgIpc) is 3.13. The molecule has 30 heavy (non-hydrogen) atoms. The molecular formula is C23H27N5O2. The minimum atomic E-state index is -0.328. The number of rotatable bonds is 5. The second-order valence-corrected chi connectivity index (χ2v) is 8.20. The SMILES string of the molecule is OC1CN(Cc2cnc(N3CCOCC3)nc2)CC1Cc1ccnc2ccccc12. The Morgan fingerprint density at radius 1 is 1.00 bits per heavy atom. The van der Waals surface area contributed by atoms with Crippen molar-refractivity contribution in [1.82, 2.24) is 19.9 Å². The fraction of sp³-hybridized carbons (Fsp3) is 0.435. The van der Waals surface area contributed by atoms with Gasteiger partial charge in [0, 0.05) is 68.2 Å². The first kappa shape index (κ1) is 19.4. The lowest BCUT2D eigenvalue weighted by Crippen LogP contribution is -2.37. The summed E-state index contributed by atoms with van der Waals surface area (Å²) >= 11 is 0. The van der Waals surface area contributed by atoms with E-state index in [2.05, 4.69) is 36.9 Å². The topological polar surface area (TPSA) is 74.6 Å². The molecule has 1 aromatic carbocycles. The van der Waals surface area contributed by atoms with E-state index in [0.717, 1.165) is 62.8 Å². The maximum absolute atomic E-state index is 10.7. The molecule has 2 aromatic heterocycles. The van der Waals surface area contributed by atoms with E-state index in [0.29, 0.717) is 6.54 Å². The molecular weight excluding hydrogens is 378 g/mol. The summed E-state index contributed by atoms with van der Waals surface area (Å²) < 4.78 is 5.39. The van der Waals surface area contributed by atoms with Crippen molar-refractivity contribution < 1.29 is 9.84 Å². The summed E-state index contributed by atoms with van der Waals surface area (Å²) in [7, 11) is 0. The molecule has 7 heteroatoms. The Bertz CT molecular complexity index is 985. The van der Waals surface area contributed by atoms with Crippen molar-refractivity contribution in [3.05, 3.63) is 60.0 Å². The zero-order valence-corrected chi connectivity index (χ0v) is 17.0. The molecule has 5 rings (SSSR count). The van der Waals surface area contributed by atoms with E-state index in [4.69, 9.17) is 4.74 Å². The molecule has 7 nitrogen and oxygen atoms in total. The molecule has 0 spiro atoms. The number of para-hydroxylation sites is 1. The number of aromatic nitrogens is 3. The van der Waals surface area contributed by atoms with Crippen LogP contribution in [-0.4, -0.2) is 70.5 Å². The van der Waals surface area contributed by atoms with Gasteiger partial charge in [0.25, 0.3) is 0 Å². The molecule has 2 aliphatic heterocycles. The normalized spacial score (nSPS) is 22.6. The highest BCUT2D eigenvalue weighted by Gasteiger charge is 2.31. The van der Waals surface area contributed by atoms with Gasteiger partial charge in [-0.3, -0.25) is 9.88 Å². The highest BCUT2D eigenvalue weighted by molar-refractivity contribution is 5.81. The minimum absolute atomic E-state index is 0.212. The standard InChI is InChI=1S/C23H27N5O2/c29-22-16-27(14-17-12-25-23(26-13-17)28-7-9-30-10-8-28)15-19(22)11-18-5-6-24-21-4-2-1-3-20(18)21/h1-6,12-13,19,22,29H,7-11,14-16H2. The number of hydrogen-bond acceptors (Lipinski definition) is 7. The van der Waals surface area contributed by atoms with E-state index in [1.54, 1.807) is 0 Å². The summed E-state index contributed by atoms with van der Waals surface area (Å²) in [6.07, 6.45) is 6.21. The lowest BCUT2D eigenvalue weighted by atomic mass is 9.94. The number of ether oxygens (including phenoxy) is 1. The van der Waals surface area contributed by atoms with Crippen LogP contribution in [0.4, 0.5) is 5.95 Å². The summed E-state index contributed by atoms with van der Waals surface area (Å²) in [5.41, 5.74) is 3.34. The van der Waals surface area contributed by atoms with Crippen LogP contribution in [0.1, 0.15) is 11.1 Å². The van der Waals surface area contributed by atoms with Crippen LogP contribution >= 0.6 is 0 Å². The Labute approximate surface area is 176 Å². The maximum Gasteiger partial charge on any atom is 0.225 e. The first-order valence-corrected chi connectivity index (χ1v) is 10.6. The smallest absolute Gasteiger partial charge is 0.225 e. The fourth-order valence-corrected chi connectivity index (χ4v) is 4.50. The van der Waals surface area contributed by atoms with E-state index >= 15 is 0 Å². The van der Waals surface area contributed by atoms with Gasteiger partial charge in [0.05, 0.1) is 24.8 Å². The highest BCUT2D eigenvalue weighted by Crippen LogP contribution is 2.26. The van der Waals surface area contributed by atoms with Gasteiger partial charge in [0.2, 0.25) is 5.95 Å². The Morgan fingerprint density at radius 2 is 1.80 bits per heavy atom. The van der Waals surface area contributed by atoms with Gasteiger partial charge in [-0.15, -0.1) is 0 Å². The maximum atomic E-state index is 10.7. The second-order valence-electron chi connectivity index (χ2n) is 8.20. The van der Waals surface area contributed by atoms with Crippen molar-refractivity contribution in [2.45, 2.75) is 19.1 Å². The number of morpholine rings is 1. The van der Waals surface area contributed by atoms with Crippen LogP contribution in [0.3, 0.4) is 0 Å². The van der Waals surface area contributed by atoms with Gasteiger partial charge in [-0.05, 0) is 24.1 Å². The summed E-state index contributed by atoms with van der Waals surface area (Å²) in [5, 5.41) is 11.9. The Kier molecular flexibility index (Phi) is 5.57. The Balaban J connectivity index is 1.22. The zero-order valence-electron chi connectivity index (χ0n) is 17.0. The number of hydrogen-bond donors (Lipinski definition) is 1. The molecule has 3 aromatic rings. The molecule has 2 atom stereocenters. The van der Waals surface area contributed by atoms with E-state index in [-0.39, 0.29) is 12.0 Å². The third-order valence-electron chi connectivity index (χ3n) is 6.10. The highest BCUT2D eigenvalue weighted by atomic mass is 16.5. The Morgan fingerprint density at radius 3 is 2.63 bits per heavy atom. The number of nitrogens with zero attached hydrogens (tertiary/aromatic N) is 5. The van der Waals surface area contributed by atoms with Crippen molar-refractivity contribution >= 4 is 16.9 Å². The number of benzene rings is 1. The van der Waals surface area contributed by atoms with Crippen molar-refractivity contribution in [2.24, 2.45) is 5.92 Å². The van der Waals surface area contributed by atoms with Crippen molar-refractivity contribution in [3.63, 3.8) is 0 Å². The number of aliphatic hydroxyl groups is 1. The number of anilines is 1. The molecule has 1 N–H and O–H groups in total. The van der Waals surface area contributed by atoms with Crippen LogP contribution in [0.25, 0.3) is 10.9 Å². The molecule has 0 saturated carbocycles. The molecule has 156 valence electrons. The molecule has 2 unspecified atom stereocenters. The van der Waals surface area contributed by atoms with Gasteiger partial charge in [-0.1, -0.05) is 18.2 Å². The molecule has 0 radical (unpaired) electrons. The fourth-order valence-electron chi connectivity index (χ4n) is 4.50. The molecule has 0 amide bonds. The van der Waals surface area contributed by atoms with Crippen molar-refractivity contribution in [1.29, 1.82) is 0 Å². The molecule has 2 fully saturated rings. The number of likely N-dealkylation sites (tertiary alicyclic amines) is 1. The Hall–Kier alpha value is -2.61. The average molecular weight is 406 g/mol. The monoisotopic (exact) mass is 405 g/mol. The lowest BCUT2D eigenvalue weighted by molar-refractivity contribution is 0.122. The molecule has 4 heterocycles. The quantitative estimate of drug-likeness (QED) is 0.695. The third kappa shape index (κ3) is 4.14. The van der Waals surface area contributed by atoms with Crippen molar-refractivity contribution in [3.8, 4) is 0 Å². The second kappa shape index (κ2) is 8.63. The van der Waals surface area contributed by atoms with Crippen molar-refractivity contribution in [2.75, 3.05) is 44.3 Å². The first-order chi connectivity index (χ1) is 14.8. The van der Waals surface area contributed by atoms with Crippen LogP contribution in [0, 0.1) is 5.92 Å². The van der Waals surface area contributed by atoms with Crippen LogP contribution < -0.4 is 4.90 Å². The third-order valence-corrected chi connectivity index (χ3v) is 6.10. The predicted octanol–water partition coefficient (Wildman–Crippen LogP) is 1.90. The van der Waals surface area contributed by atoms with Gasteiger partial charge < -0.3 is 14.7 Å². The van der Waals surface area contributed by atoms with Gasteiger partial charge >= 0.3 is 0 Å². The van der Waals surface area contributed by atoms with Crippen LogP contribution in [0.5, 0.6) is 0 Å². The van der Waals surface area contributed by atoms with Gasteiger partial charge in [0.1, 0.15) is 0 Å². The summed E-state index contributed by atoms with van der Waals surface area (Å²) in [6.45, 7) is 5.43. The summed E-state index contributed by atoms with van der Waals surface area (Å²) in [4.78, 5) is 18.0. The van der Waals surface area contributed by atoms with E-state index in [1.807, 2.05) is 36.8 Å².